The molecule has 0 radical (unpaired) electrons. The smallest absolute Gasteiger partial charge is 0.333 e. The highest BCUT2D eigenvalue weighted by Crippen LogP contribution is 2.14. The fourth-order valence-corrected chi connectivity index (χ4v) is 2.71. The van der Waals surface area contributed by atoms with Crippen molar-refractivity contribution in [2.45, 2.75) is 103 Å². The number of ether oxygens (including phenoxy) is 1. The van der Waals surface area contributed by atoms with Gasteiger partial charge in [-0.25, -0.2) is 4.79 Å². The predicted octanol–water partition coefficient (Wildman–Crippen LogP) is 6.21. The van der Waals surface area contributed by atoms with Gasteiger partial charge in [0.05, 0.1) is 0 Å². The summed E-state index contributed by atoms with van der Waals surface area (Å²) in [5, 5.41) is 8.58. The van der Waals surface area contributed by atoms with Crippen molar-refractivity contribution in [3.8, 4) is 0 Å². The Morgan fingerprint density at radius 3 is 2.31 bits per heavy atom. The van der Waals surface area contributed by atoms with Crippen molar-refractivity contribution in [2.75, 3.05) is 0 Å². The molecule has 0 aliphatic rings. The molecule has 0 aliphatic heterocycles. The van der Waals surface area contributed by atoms with E-state index in [-0.39, 0.29) is 18.5 Å². The molecule has 0 amide bonds. The van der Waals surface area contributed by atoms with Crippen molar-refractivity contribution < 1.29 is 19.4 Å². The highest BCUT2D eigenvalue weighted by atomic mass is 16.5. The summed E-state index contributed by atoms with van der Waals surface area (Å²) in [5.74, 6) is -0.996. The van der Waals surface area contributed by atoms with E-state index in [4.69, 9.17) is 9.84 Å². The lowest BCUT2D eigenvalue weighted by Gasteiger charge is -2.16. The molecule has 0 aromatic carbocycles. The van der Waals surface area contributed by atoms with Crippen LogP contribution in [0, 0.1) is 0 Å². The predicted molar refractivity (Wildman–Crippen MR) is 107 cm³/mol. The summed E-state index contributed by atoms with van der Waals surface area (Å²) in [6, 6.07) is 0. The average molecular weight is 367 g/mol. The molecule has 0 spiro atoms. The van der Waals surface area contributed by atoms with Gasteiger partial charge in [-0.15, -0.1) is 0 Å². The maximum Gasteiger partial charge on any atom is 0.333 e. The first-order chi connectivity index (χ1) is 12.5. The first-order valence-corrected chi connectivity index (χ1v) is 10.2. The molecule has 0 aliphatic carbocycles. The fourth-order valence-electron chi connectivity index (χ4n) is 2.71. The number of rotatable bonds is 17. The zero-order chi connectivity index (χ0) is 19.6. The van der Waals surface area contributed by atoms with Crippen LogP contribution in [0.3, 0.4) is 0 Å². The first-order valence-electron chi connectivity index (χ1n) is 10.2. The molecule has 1 atom stereocenters. The van der Waals surface area contributed by atoms with E-state index >= 15 is 0 Å². The molecule has 26 heavy (non-hydrogen) atoms. The molecule has 0 aromatic rings. The lowest BCUT2D eigenvalue weighted by Crippen LogP contribution is -2.18. The van der Waals surface area contributed by atoms with Crippen LogP contribution in [-0.4, -0.2) is 23.1 Å². The third-order valence-electron chi connectivity index (χ3n) is 4.33. The van der Waals surface area contributed by atoms with Gasteiger partial charge in [0, 0.05) is 18.4 Å². The number of hydrogen-bond acceptors (Lipinski definition) is 3. The van der Waals surface area contributed by atoms with E-state index < -0.39 is 5.97 Å². The number of unbranched alkanes of at least 4 members (excludes halogenated alkanes) is 8. The van der Waals surface area contributed by atoms with Gasteiger partial charge in [0.1, 0.15) is 6.10 Å². The summed E-state index contributed by atoms with van der Waals surface area (Å²) in [4.78, 5) is 22.2. The van der Waals surface area contributed by atoms with Crippen LogP contribution in [-0.2, 0) is 14.3 Å². The maximum atomic E-state index is 11.8. The molecule has 0 aromatic heterocycles. The maximum absolute atomic E-state index is 11.8. The highest BCUT2D eigenvalue weighted by Gasteiger charge is 2.13. The average Bonchev–Trinajstić information content (AvgIpc) is 2.59. The van der Waals surface area contributed by atoms with Crippen molar-refractivity contribution in [1.29, 1.82) is 0 Å². The van der Waals surface area contributed by atoms with E-state index in [1.165, 1.54) is 19.3 Å². The molecule has 0 heterocycles. The van der Waals surface area contributed by atoms with Gasteiger partial charge in [0.25, 0.3) is 0 Å². The van der Waals surface area contributed by atoms with E-state index in [9.17, 15) is 9.59 Å². The van der Waals surface area contributed by atoms with Gasteiger partial charge in [-0.2, -0.15) is 0 Å². The van der Waals surface area contributed by atoms with E-state index in [0.717, 1.165) is 57.8 Å². The zero-order valence-electron chi connectivity index (χ0n) is 16.8. The Kier molecular flexibility index (Phi) is 15.8. The molecule has 4 nitrogen and oxygen atoms in total. The molecule has 0 rings (SSSR count). The Morgan fingerprint density at radius 1 is 1.00 bits per heavy atom. The molecular formula is C22H38O4. The number of carboxylic acids is 1. The SMILES string of the molecule is C=C(C)C(=O)O[C@@H](CC=CCCCCCCCC(=O)O)CCCCCC. The van der Waals surface area contributed by atoms with Gasteiger partial charge >= 0.3 is 11.9 Å². The summed E-state index contributed by atoms with van der Waals surface area (Å²) < 4.78 is 5.55. The second-order valence-corrected chi connectivity index (χ2v) is 7.06. The Labute approximate surface area is 159 Å². The minimum Gasteiger partial charge on any atom is -0.481 e. The monoisotopic (exact) mass is 366 g/mol. The van der Waals surface area contributed by atoms with Crippen LogP contribution in [0.2, 0.25) is 0 Å². The summed E-state index contributed by atoms with van der Waals surface area (Å²) in [6.07, 6.45) is 17.0. The fraction of sp³-hybridized carbons (Fsp3) is 0.727. The van der Waals surface area contributed by atoms with Crippen LogP contribution >= 0.6 is 0 Å². The van der Waals surface area contributed by atoms with Gasteiger partial charge in [-0.1, -0.05) is 64.2 Å². The molecule has 150 valence electrons. The molecule has 0 saturated carbocycles. The number of carbonyl (C=O) groups is 2. The van der Waals surface area contributed by atoms with E-state index in [1.807, 2.05) is 0 Å². The molecule has 0 saturated heterocycles. The van der Waals surface area contributed by atoms with Crippen molar-refractivity contribution in [1.82, 2.24) is 0 Å². The molecule has 1 N–H and O–H groups in total. The number of carbonyl (C=O) groups excluding carboxylic acids is 1. The Hall–Kier alpha value is -1.58. The van der Waals surface area contributed by atoms with Crippen LogP contribution < -0.4 is 0 Å². The summed E-state index contributed by atoms with van der Waals surface area (Å²) in [5.41, 5.74) is 0.454. The number of carboxylic acid groups (broad SMARTS) is 1. The summed E-state index contributed by atoms with van der Waals surface area (Å²) in [6.45, 7) is 7.53. The molecule has 0 fully saturated rings. The minimum atomic E-state index is -0.704. The topological polar surface area (TPSA) is 63.6 Å². The Balaban J connectivity index is 3.93. The highest BCUT2D eigenvalue weighted by molar-refractivity contribution is 5.87. The number of hydrogen-bond donors (Lipinski definition) is 1. The third kappa shape index (κ3) is 15.9. The second-order valence-electron chi connectivity index (χ2n) is 7.06. The van der Waals surface area contributed by atoms with Crippen molar-refractivity contribution >= 4 is 11.9 Å². The number of aliphatic carboxylic acids is 1. The van der Waals surface area contributed by atoms with Crippen LogP contribution in [0.5, 0.6) is 0 Å². The van der Waals surface area contributed by atoms with Gasteiger partial charge < -0.3 is 9.84 Å². The van der Waals surface area contributed by atoms with Crippen LogP contribution in [0.15, 0.2) is 24.3 Å². The van der Waals surface area contributed by atoms with Crippen LogP contribution in [0.25, 0.3) is 0 Å². The lowest BCUT2D eigenvalue weighted by molar-refractivity contribution is -0.144. The first kappa shape index (κ1) is 24.4. The summed E-state index contributed by atoms with van der Waals surface area (Å²) in [7, 11) is 0. The zero-order valence-corrected chi connectivity index (χ0v) is 16.8. The van der Waals surface area contributed by atoms with Crippen molar-refractivity contribution in [3.63, 3.8) is 0 Å². The normalized spacial score (nSPS) is 12.2. The largest absolute Gasteiger partial charge is 0.481 e. The van der Waals surface area contributed by atoms with E-state index in [1.54, 1.807) is 6.92 Å². The minimum absolute atomic E-state index is 0.0525. The van der Waals surface area contributed by atoms with Crippen molar-refractivity contribution in [2.24, 2.45) is 0 Å². The molecule has 4 heteroatoms. The Morgan fingerprint density at radius 2 is 1.65 bits per heavy atom. The van der Waals surface area contributed by atoms with Gasteiger partial charge in [0.15, 0.2) is 0 Å². The van der Waals surface area contributed by atoms with E-state index in [0.29, 0.717) is 5.57 Å². The number of allylic oxidation sites excluding steroid dienone is 1. The third-order valence-corrected chi connectivity index (χ3v) is 4.33. The molecular weight excluding hydrogens is 328 g/mol. The standard InChI is InChI=1S/C22H38O4/c1-4-5-6-13-16-20(26-22(25)19(2)3)17-14-11-9-7-8-10-12-15-18-21(23)24/h11,14,20H,2,4-10,12-13,15-18H2,1,3H3,(H,23,24)/t20-/m1/s1. The van der Waals surface area contributed by atoms with E-state index in [2.05, 4.69) is 25.7 Å². The molecule has 0 bridgehead atoms. The Bertz CT molecular complexity index is 426. The quantitative estimate of drug-likeness (QED) is 0.144. The van der Waals surface area contributed by atoms with Crippen LogP contribution in [0.1, 0.15) is 97.3 Å². The molecule has 0 unspecified atom stereocenters. The summed E-state index contributed by atoms with van der Waals surface area (Å²) >= 11 is 0. The lowest BCUT2D eigenvalue weighted by atomic mass is 10.1. The van der Waals surface area contributed by atoms with Gasteiger partial charge in [-0.3, -0.25) is 4.79 Å². The number of esters is 1. The second kappa shape index (κ2) is 16.9. The van der Waals surface area contributed by atoms with Gasteiger partial charge in [0.2, 0.25) is 0 Å². The van der Waals surface area contributed by atoms with Gasteiger partial charge in [-0.05, 0) is 39.0 Å². The van der Waals surface area contributed by atoms with Crippen molar-refractivity contribution in [3.05, 3.63) is 24.3 Å². The van der Waals surface area contributed by atoms with Crippen LogP contribution in [0.4, 0.5) is 0 Å².